The third-order valence-corrected chi connectivity index (χ3v) is 5.05. The number of carboxylic acid groups (broad SMARTS) is 1. The van der Waals surface area contributed by atoms with Gasteiger partial charge in [0.05, 0.1) is 5.75 Å². The minimum Gasteiger partial charge on any atom is -0.480 e. The lowest BCUT2D eigenvalue weighted by molar-refractivity contribution is -0.134. The van der Waals surface area contributed by atoms with Gasteiger partial charge >= 0.3 is 5.97 Å². The van der Waals surface area contributed by atoms with Crippen molar-refractivity contribution in [3.63, 3.8) is 0 Å². The first kappa shape index (κ1) is 18.6. The molecule has 1 aromatic carbocycles. The molecule has 0 aliphatic heterocycles. The number of benzene rings is 1. The molecule has 0 amide bonds. The van der Waals surface area contributed by atoms with Crippen LogP contribution < -0.4 is 0 Å². The van der Waals surface area contributed by atoms with E-state index in [1.54, 1.807) is 0 Å². The van der Waals surface area contributed by atoms with Crippen molar-refractivity contribution in [2.45, 2.75) is 32.7 Å². The molecule has 22 heavy (non-hydrogen) atoms. The van der Waals surface area contributed by atoms with Gasteiger partial charge in [0.25, 0.3) is 0 Å². The van der Waals surface area contributed by atoms with Crippen molar-refractivity contribution in [1.29, 1.82) is 0 Å². The summed E-state index contributed by atoms with van der Waals surface area (Å²) in [6, 6.07) is 10.1. The number of carboxylic acids is 1. The Labute approximate surface area is 132 Å². The lowest BCUT2D eigenvalue weighted by atomic mass is 10.0. The first-order valence-corrected chi connectivity index (χ1v) is 9.43. The molecule has 0 aliphatic rings. The van der Waals surface area contributed by atoms with Gasteiger partial charge in [-0.3, -0.25) is 9.69 Å². The molecule has 1 N–H and O–H groups in total. The van der Waals surface area contributed by atoms with Crippen LogP contribution in [-0.2, 0) is 14.6 Å². The van der Waals surface area contributed by atoms with E-state index in [0.717, 1.165) is 24.9 Å². The van der Waals surface area contributed by atoms with Crippen molar-refractivity contribution in [3.05, 3.63) is 35.9 Å². The standard InChI is InChI=1S/C16H25NO4S/c1-3-10-17(11-12-22(20,21)13-16(18)19)15(4-2)14-8-6-5-7-9-14/h5-9,15H,3-4,10-13H2,1-2H3,(H,18,19). The van der Waals surface area contributed by atoms with Gasteiger partial charge in [-0.05, 0) is 24.9 Å². The zero-order valence-corrected chi connectivity index (χ0v) is 14.1. The normalized spacial score (nSPS) is 13.2. The highest BCUT2D eigenvalue weighted by Crippen LogP contribution is 2.24. The summed E-state index contributed by atoms with van der Waals surface area (Å²) in [7, 11) is -3.56. The summed E-state index contributed by atoms with van der Waals surface area (Å²) >= 11 is 0. The maximum Gasteiger partial charge on any atom is 0.318 e. The van der Waals surface area contributed by atoms with E-state index in [4.69, 9.17) is 5.11 Å². The Morgan fingerprint density at radius 1 is 1.18 bits per heavy atom. The third kappa shape index (κ3) is 6.15. The zero-order chi connectivity index (χ0) is 16.6. The van der Waals surface area contributed by atoms with E-state index >= 15 is 0 Å². The molecule has 1 aromatic rings. The minimum atomic E-state index is -3.56. The molecule has 0 fully saturated rings. The zero-order valence-electron chi connectivity index (χ0n) is 13.2. The highest BCUT2D eigenvalue weighted by Gasteiger charge is 2.22. The van der Waals surface area contributed by atoms with Crippen molar-refractivity contribution in [2.75, 3.05) is 24.6 Å². The van der Waals surface area contributed by atoms with Crippen molar-refractivity contribution < 1.29 is 18.3 Å². The molecule has 0 radical (unpaired) electrons. The molecule has 1 rings (SSSR count). The summed E-state index contributed by atoms with van der Waals surface area (Å²) < 4.78 is 23.6. The molecule has 5 nitrogen and oxygen atoms in total. The predicted octanol–water partition coefficient (Wildman–Crippen LogP) is 2.35. The number of sulfone groups is 1. The SMILES string of the molecule is CCCN(CCS(=O)(=O)CC(=O)O)C(CC)c1ccccc1. The summed E-state index contributed by atoms with van der Waals surface area (Å²) in [4.78, 5) is 12.7. The number of aliphatic carboxylic acids is 1. The van der Waals surface area contributed by atoms with Gasteiger partial charge in [0.15, 0.2) is 9.84 Å². The van der Waals surface area contributed by atoms with Gasteiger partial charge in [0.2, 0.25) is 0 Å². The second kappa shape index (κ2) is 8.90. The van der Waals surface area contributed by atoms with Gasteiger partial charge in [0.1, 0.15) is 5.75 Å². The van der Waals surface area contributed by atoms with Crippen LogP contribution >= 0.6 is 0 Å². The van der Waals surface area contributed by atoms with Crippen LogP contribution in [0.3, 0.4) is 0 Å². The Balaban J connectivity index is 2.81. The number of rotatable bonds is 10. The van der Waals surface area contributed by atoms with Crippen molar-refractivity contribution >= 4 is 15.8 Å². The van der Waals surface area contributed by atoms with Gasteiger partial charge in [0, 0.05) is 12.6 Å². The molecular formula is C16H25NO4S. The van der Waals surface area contributed by atoms with Crippen LogP contribution in [0, 0.1) is 0 Å². The monoisotopic (exact) mass is 327 g/mol. The summed E-state index contributed by atoms with van der Waals surface area (Å²) in [5.41, 5.74) is 1.16. The molecule has 0 bridgehead atoms. The van der Waals surface area contributed by atoms with Crippen LogP contribution in [0.25, 0.3) is 0 Å². The quantitative estimate of drug-likeness (QED) is 0.714. The van der Waals surface area contributed by atoms with Crippen LogP contribution in [0.2, 0.25) is 0 Å². The topological polar surface area (TPSA) is 74.7 Å². The Hall–Kier alpha value is -1.40. The second-order valence-electron chi connectivity index (χ2n) is 5.36. The van der Waals surface area contributed by atoms with E-state index in [2.05, 4.69) is 18.7 Å². The van der Waals surface area contributed by atoms with Crippen LogP contribution in [0.1, 0.15) is 38.3 Å². The maximum absolute atomic E-state index is 11.8. The van der Waals surface area contributed by atoms with Gasteiger partial charge in [-0.2, -0.15) is 0 Å². The molecule has 1 unspecified atom stereocenters. The fourth-order valence-electron chi connectivity index (χ4n) is 2.61. The first-order chi connectivity index (χ1) is 10.4. The van der Waals surface area contributed by atoms with Crippen LogP contribution in [0.4, 0.5) is 0 Å². The Morgan fingerprint density at radius 3 is 2.32 bits per heavy atom. The van der Waals surface area contributed by atoms with Gasteiger partial charge in [-0.1, -0.05) is 44.2 Å². The van der Waals surface area contributed by atoms with Crippen molar-refractivity contribution in [3.8, 4) is 0 Å². The molecule has 0 saturated carbocycles. The van der Waals surface area contributed by atoms with E-state index in [-0.39, 0.29) is 11.8 Å². The Bertz CT molecular complexity index is 557. The van der Waals surface area contributed by atoms with Gasteiger partial charge < -0.3 is 5.11 Å². The molecular weight excluding hydrogens is 302 g/mol. The lowest BCUT2D eigenvalue weighted by Crippen LogP contribution is -2.35. The number of nitrogens with zero attached hydrogens (tertiary/aromatic N) is 1. The van der Waals surface area contributed by atoms with Crippen LogP contribution in [-0.4, -0.2) is 49.0 Å². The molecule has 6 heteroatoms. The number of carbonyl (C=O) groups is 1. The predicted molar refractivity (Wildman–Crippen MR) is 87.6 cm³/mol. The summed E-state index contributed by atoms with van der Waals surface area (Å²) in [5.74, 6) is -2.21. The fraction of sp³-hybridized carbons (Fsp3) is 0.562. The van der Waals surface area contributed by atoms with Crippen LogP contribution in [0.5, 0.6) is 0 Å². The van der Waals surface area contributed by atoms with Gasteiger partial charge in [-0.15, -0.1) is 0 Å². The van der Waals surface area contributed by atoms with E-state index < -0.39 is 21.6 Å². The van der Waals surface area contributed by atoms with Crippen molar-refractivity contribution in [1.82, 2.24) is 4.90 Å². The average Bonchev–Trinajstić information content (AvgIpc) is 2.45. The molecule has 0 saturated heterocycles. The number of hydrogen-bond acceptors (Lipinski definition) is 4. The largest absolute Gasteiger partial charge is 0.480 e. The van der Waals surface area contributed by atoms with Crippen molar-refractivity contribution in [2.24, 2.45) is 0 Å². The molecule has 0 aliphatic carbocycles. The average molecular weight is 327 g/mol. The highest BCUT2D eigenvalue weighted by molar-refractivity contribution is 7.92. The third-order valence-electron chi connectivity index (χ3n) is 3.56. The van der Waals surface area contributed by atoms with Crippen LogP contribution in [0.15, 0.2) is 30.3 Å². The second-order valence-corrected chi connectivity index (χ2v) is 7.54. The Kier molecular flexibility index (Phi) is 7.55. The molecule has 0 aromatic heterocycles. The number of hydrogen-bond donors (Lipinski definition) is 1. The first-order valence-electron chi connectivity index (χ1n) is 7.60. The summed E-state index contributed by atoms with van der Waals surface area (Å²) in [6.45, 7) is 5.27. The lowest BCUT2D eigenvalue weighted by Gasteiger charge is -2.31. The van der Waals surface area contributed by atoms with Gasteiger partial charge in [-0.25, -0.2) is 8.42 Å². The molecule has 124 valence electrons. The van der Waals surface area contributed by atoms with E-state index in [9.17, 15) is 13.2 Å². The summed E-state index contributed by atoms with van der Waals surface area (Å²) in [6.07, 6.45) is 1.80. The molecule has 0 spiro atoms. The molecule has 0 heterocycles. The minimum absolute atomic E-state index is 0.122. The van der Waals surface area contributed by atoms with E-state index in [1.807, 2.05) is 30.3 Å². The molecule has 1 atom stereocenters. The highest BCUT2D eigenvalue weighted by atomic mass is 32.2. The van der Waals surface area contributed by atoms with E-state index in [1.165, 1.54) is 0 Å². The smallest absolute Gasteiger partial charge is 0.318 e. The fourth-order valence-corrected chi connectivity index (χ4v) is 3.64. The Morgan fingerprint density at radius 2 is 1.82 bits per heavy atom. The maximum atomic E-state index is 11.8. The van der Waals surface area contributed by atoms with E-state index in [0.29, 0.717) is 6.54 Å². The summed E-state index contributed by atoms with van der Waals surface area (Å²) in [5, 5.41) is 8.66.